The van der Waals surface area contributed by atoms with Crippen molar-refractivity contribution in [2.45, 2.75) is 49.5 Å². The van der Waals surface area contributed by atoms with E-state index >= 15 is 0 Å². The number of imide groups is 1. The van der Waals surface area contributed by atoms with Crippen LogP contribution < -0.4 is 10.6 Å². The first kappa shape index (κ1) is 20.1. The molecule has 1 atom stereocenters. The van der Waals surface area contributed by atoms with Crippen LogP contribution in [0, 0.1) is 0 Å². The van der Waals surface area contributed by atoms with Crippen molar-refractivity contribution in [2.75, 3.05) is 12.4 Å². The van der Waals surface area contributed by atoms with Crippen LogP contribution in [0.1, 0.15) is 25.7 Å². The number of urea groups is 1. The van der Waals surface area contributed by atoms with Crippen LogP contribution in [-0.4, -0.2) is 56.2 Å². The van der Waals surface area contributed by atoms with E-state index in [-0.39, 0.29) is 23.8 Å². The number of rotatable bonds is 7. The zero-order valence-corrected chi connectivity index (χ0v) is 17.8. The Morgan fingerprint density at radius 1 is 1.23 bits per heavy atom. The molecule has 0 radical (unpaired) electrons. The number of aromatic nitrogens is 4. The Bertz CT molecular complexity index is 1100. The minimum absolute atomic E-state index is 0.0790. The highest BCUT2D eigenvalue weighted by atomic mass is 32.2. The van der Waals surface area contributed by atoms with Crippen LogP contribution in [0.25, 0.3) is 22.3 Å². The van der Waals surface area contributed by atoms with Gasteiger partial charge in [0.05, 0.1) is 18.4 Å². The van der Waals surface area contributed by atoms with Crippen molar-refractivity contribution in [1.82, 2.24) is 30.4 Å². The summed E-state index contributed by atoms with van der Waals surface area (Å²) in [7, 11) is 0. The summed E-state index contributed by atoms with van der Waals surface area (Å²) in [4.78, 5) is 27.3. The molecule has 1 saturated heterocycles. The Kier molecular flexibility index (Phi) is 5.65. The smallest absolute Gasteiger partial charge is 0.321 e. The second-order valence-corrected chi connectivity index (χ2v) is 8.83. The van der Waals surface area contributed by atoms with Gasteiger partial charge in [0.15, 0.2) is 11.0 Å². The summed E-state index contributed by atoms with van der Waals surface area (Å²) in [5.74, 6) is 0.459. The zero-order chi connectivity index (χ0) is 21.2. The molecule has 1 aromatic carbocycles. The molecule has 162 valence electrons. The number of nitrogens with one attached hydrogen (secondary N) is 3. The van der Waals surface area contributed by atoms with Crippen LogP contribution in [0.2, 0.25) is 0 Å². The van der Waals surface area contributed by atoms with Crippen LogP contribution in [0.15, 0.2) is 35.6 Å². The number of para-hydroxylation sites is 1. The largest absolute Gasteiger partial charge is 0.376 e. The molecule has 3 N–H and O–H groups in total. The Morgan fingerprint density at radius 3 is 2.90 bits per heavy atom. The van der Waals surface area contributed by atoms with E-state index in [0.29, 0.717) is 11.7 Å². The molecule has 0 unspecified atom stereocenters. The lowest BCUT2D eigenvalue weighted by atomic mass is 10.1. The highest BCUT2D eigenvalue weighted by Gasteiger charge is 2.25. The maximum atomic E-state index is 12.2. The second-order valence-electron chi connectivity index (χ2n) is 7.88. The van der Waals surface area contributed by atoms with Crippen LogP contribution in [0.4, 0.5) is 4.79 Å². The molecule has 10 heteroatoms. The van der Waals surface area contributed by atoms with Gasteiger partial charge >= 0.3 is 6.03 Å². The first-order chi connectivity index (χ1) is 15.2. The number of amides is 3. The van der Waals surface area contributed by atoms with Crippen molar-refractivity contribution in [3.63, 3.8) is 0 Å². The Labute approximate surface area is 183 Å². The molecule has 3 heterocycles. The Balaban J connectivity index is 1.35. The fraction of sp³-hybridized carbons (Fsp3) is 0.429. The van der Waals surface area contributed by atoms with Gasteiger partial charge in [-0.25, -0.2) is 4.79 Å². The first-order valence-electron chi connectivity index (χ1n) is 10.5. The van der Waals surface area contributed by atoms with E-state index in [2.05, 4.69) is 25.8 Å². The lowest BCUT2D eigenvalue weighted by Gasteiger charge is -2.14. The lowest BCUT2D eigenvalue weighted by molar-refractivity contribution is -0.117. The third kappa shape index (κ3) is 4.59. The molecule has 3 amide bonds. The monoisotopic (exact) mass is 440 g/mol. The maximum Gasteiger partial charge on any atom is 0.321 e. The van der Waals surface area contributed by atoms with Gasteiger partial charge in [0.2, 0.25) is 5.91 Å². The van der Waals surface area contributed by atoms with Crippen LogP contribution >= 0.6 is 11.8 Å². The average Bonchev–Trinajstić information content (AvgIpc) is 3.16. The Hall–Kier alpha value is -2.85. The van der Waals surface area contributed by atoms with E-state index < -0.39 is 6.03 Å². The molecule has 1 aliphatic carbocycles. The molecule has 0 bridgehead atoms. The molecule has 9 nitrogen and oxygen atoms in total. The van der Waals surface area contributed by atoms with Gasteiger partial charge < -0.3 is 15.0 Å². The molecule has 1 saturated carbocycles. The number of carbonyl (C=O) groups excluding carboxylic acids is 2. The predicted molar refractivity (Wildman–Crippen MR) is 117 cm³/mol. The minimum atomic E-state index is -0.437. The van der Waals surface area contributed by atoms with E-state index in [1.165, 1.54) is 11.8 Å². The summed E-state index contributed by atoms with van der Waals surface area (Å²) < 4.78 is 7.86. The molecule has 1 aliphatic heterocycles. The van der Waals surface area contributed by atoms with Gasteiger partial charge in [-0.3, -0.25) is 14.7 Å². The average molecular weight is 441 g/mol. The molecule has 5 rings (SSSR count). The summed E-state index contributed by atoms with van der Waals surface area (Å²) in [5, 5.41) is 15.6. The fourth-order valence-electron chi connectivity index (χ4n) is 3.75. The number of H-pyrrole nitrogens is 1. The topological polar surface area (TPSA) is 114 Å². The van der Waals surface area contributed by atoms with E-state index in [4.69, 9.17) is 4.74 Å². The van der Waals surface area contributed by atoms with Gasteiger partial charge in [-0.1, -0.05) is 30.0 Å². The third-order valence-corrected chi connectivity index (χ3v) is 6.42. The summed E-state index contributed by atoms with van der Waals surface area (Å²) in [6, 6.07) is 7.81. The molecule has 2 aromatic heterocycles. The summed E-state index contributed by atoms with van der Waals surface area (Å²) >= 11 is 1.27. The number of hydrogen-bond donors (Lipinski definition) is 3. The summed E-state index contributed by atoms with van der Waals surface area (Å²) in [6.07, 6.45) is 5.99. The van der Waals surface area contributed by atoms with Gasteiger partial charge in [0.1, 0.15) is 0 Å². The molecular weight excluding hydrogens is 416 g/mol. The fourth-order valence-corrected chi connectivity index (χ4v) is 4.50. The normalized spacial score (nSPS) is 18.4. The van der Waals surface area contributed by atoms with Gasteiger partial charge in [-0.05, 0) is 31.7 Å². The number of hydrogen-bond acceptors (Lipinski definition) is 6. The van der Waals surface area contributed by atoms with E-state index in [1.54, 1.807) is 0 Å². The van der Waals surface area contributed by atoms with E-state index in [0.717, 1.165) is 54.6 Å². The highest BCUT2D eigenvalue weighted by molar-refractivity contribution is 7.99. The number of fused-ring (bicyclic) bond motifs is 1. The van der Waals surface area contributed by atoms with Crippen molar-refractivity contribution in [2.24, 2.45) is 0 Å². The molecule has 2 aliphatic rings. The highest BCUT2D eigenvalue weighted by Crippen LogP contribution is 2.31. The number of aromatic amines is 1. The molecule has 0 spiro atoms. The number of thioether (sulfide) groups is 1. The summed E-state index contributed by atoms with van der Waals surface area (Å²) in [6.45, 7) is 1.38. The first-order valence-corrected chi connectivity index (χ1v) is 11.5. The van der Waals surface area contributed by atoms with Crippen molar-refractivity contribution < 1.29 is 14.3 Å². The number of nitrogens with zero attached hydrogens (tertiary/aromatic N) is 3. The van der Waals surface area contributed by atoms with E-state index in [9.17, 15) is 9.59 Å². The SMILES string of the molecule is O=C(CSc1nnc(-c2c[nH]c3ccccc23)n1C[C@@H]1CCCO1)NC(=O)NC1CC1. The van der Waals surface area contributed by atoms with Crippen molar-refractivity contribution in [3.05, 3.63) is 30.5 Å². The minimum Gasteiger partial charge on any atom is -0.376 e. The maximum absolute atomic E-state index is 12.2. The van der Waals surface area contributed by atoms with Crippen LogP contribution in [0.3, 0.4) is 0 Å². The standard InChI is InChI=1S/C21H24N6O3S/c28-18(24-20(29)23-13-7-8-13)12-31-21-26-25-19(27(21)11-14-4-3-9-30-14)16-10-22-17-6-2-1-5-15(16)17/h1-2,5-6,10,13-14,22H,3-4,7-9,11-12H2,(H2,23,24,28,29)/t14-/m0/s1. The quantitative estimate of drug-likeness (QED) is 0.487. The molecule has 31 heavy (non-hydrogen) atoms. The second kappa shape index (κ2) is 8.72. The van der Waals surface area contributed by atoms with Crippen LogP contribution in [-0.2, 0) is 16.1 Å². The Morgan fingerprint density at radius 2 is 2.10 bits per heavy atom. The molecular formula is C21H24N6O3S. The number of carbonyl (C=O) groups is 2. The van der Waals surface area contributed by atoms with Crippen molar-refractivity contribution in [1.29, 1.82) is 0 Å². The van der Waals surface area contributed by atoms with Crippen molar-refractivity contribution >= 4 is 34.6 Å². The number of ether oxygens (including phenoxy) is 1. The van der Waals surface area contributed by atoms with Gasteiger partial charge in [0, 0.05) is 35.3 Å². The van der Waals surface area contributed by atoms with Gasteiger partial charge in [-0.15, -0.1) is 10.2 Å². The third-order valence-electron chi connectivity index (χ3n) is 5.46. The van der Waals surface area contributed by atoms with Crippen molar-refractivity contribution in [3.8, 4) is 11.4 Å². The van der Waals surface area contributed by atoms with Crippen LogP contribution in [0.5, 0.6) is 0 Å². The van der Waals surface area contributed by atoms with Gasteiger partial charge in [-0.2, -0.15) is 0 Å². The zero-order valence-electron chi connectivity index (χ0n) is 17.0. The van der Waals surface area contributed by atoms with E-state index in [1.807, 2.05) is 35.0 Å². The molecule has 2 fully saturated rings. The van der Waals surface area contributed by atoms with Gasteiger partial charge in [0.25, 0.3) is 0 Å². The number of benzene rings is 1. The predicted octanol–water partition coefficient (Wildman–Crippen LogP) is 2.69. The molecule has 3 aromatic rings. The lowest BCUT2D eigenvalue weighted by Crippen LogP contribution is -2.41. The summed E-state index contributed by atoms with van der Waals surface area (Å²) in [5.41, 5.74) is 1.99.